The van der Waals surface area contributed by atoms with Crippen molar-refractivity contribution in [2.24, 2.45) is 0 Å². The summed E-state index contributed by atoms with van der Waals surface area (Å²) in [5.41, 5.74) is 3.98. The van der Waals surface area contributed by atoms with Gasteiger partial charge in [-0.15, -0.1) is 0 Å². The number of H-pyrrole nitrogens is 1. The average molecular weight is 356 g/mol. The standard InChI is InChI=1S/C17H16N5.CH3.V/c1-22(10-16-18-12-6-2-3-7-13(12)19-16)11-17-20-14-8-4-5-9-15(14)21-17;;/h2-9H,10-11H2,1H3,(H-,18,19,20,21);1H3;/q2*-1;. The fraction of sp³-hybridized carbons (Fsp3) is 0.167. The van der Waals surface area contributed by atoms with Crippen molar-refractivity contribution < 1.29 is 18.6 Å². The maximum Gasteiger partial charge on any atom is 0.121 e. The molecule has 0 spiro atoms. The van der Waals surface area contributed by atoms with E-state index in [1.807, 2.05) is 55.6 Å². The van der Waals surface area contributed by atoms with Gasteiger partial charge in [0.25, 0.3) is 0 Å². The molecule has 0 unspecified atom stereocenters. The molecule has 4 rings (SSSR count). The smallest absolute Gasteiger partial charge is 0.121 e. The zero-order chi connectivity index (χ0) is 14.9. The van der Waals surface area contributed by atoms with Crippen LogP contribution in [-0.2, 0) is 31.6 Å². The van der Waals surface area contributed by atoms with Gasteiger partial charge in [0.2, 0.25) is 0 Å². The van der Waals surface area contributed by atoms with Gasteiger partial charge in [-0.3, -0.25) is 4.90 Å². The summed E-state index contributed by atoms with van der Waals surface area (Å²) in [4.78, 5) is 19.2. The third-order valence-electron chi connectivity index (χ3n) is 3.65. The summed E-state index contributed by atoms with van der Waals surface area (Å²) >= 11 is 0. The molecule has 1 radical (unpaired) electrons. The predicted octanol–water partition coefficient (Wildman–Crippen LogP) is 3.15. The van der Waals surface area contributed by atoms with Crippen LogP contribution in [0.2, 0.25) is 0 Å². The monoisotopic (exact) mass is 356 g/mol. The van der Waals surface area contributed by atoms with E-state index in [9.17, 15) is 0 Å². The van der Waals surface area contributed by atoms with Gasteiger partial charge >= 0.3 is 0 Å². The second-order valence-electron chi connectivity index (χ2n) is 5.50. The van der Waals surface area contributed by atoms with Crippen LogP contribution >= 0.6 is 0 Å². The zero-order valence-corrected chi connectivity index (χ0v) is 15.2. The molecule has 0 aliphatic heterocycles. The van der Waals surface area contributed by atoms with E-state index in [1.165, 1.54) is 0 Å². The van der Waals surface area contributed by atoms with Crippen molar-refractivity contribution in [1.82, 2.24) is 24.8 Å². The molecule has 0 atom stereocenters. The topological polar surface area (TPSA) is 58.9 Å². The SMILES string of the molecule is CN(Cc1nc2ccccc2[n-]1)Cc1nc2ccccc2[nH]1.[CH3-].[V]. The molecule has 0 saturated heterocycles. The van der Waals surface area contributed by atoms with Crippen LogP contribution in [0.4, 0.5) is 0 Å². The predicted molar refractivity (Wildman–Crippen MR) is 92.7 cm³/mol. The molecular weight excluding hydrogens is 337 g/mol. The molecule has 5 nitrogen and oxygen atoms in total. The van der Waals surface area contributed by atoms with Crippen molar-refractivity contribution in [1.29, 1.82) is 0 Å². The summed E-state index contributed by atoms with van der Waals surface area (Å²) in [6.07, 6.45) is 0. The van der Waals surface area contributed by atoms with Crippen LogP contribution < -0.4 is 4.98 Å². The van der Waals surface area contributed by atoms with E-state index in [0.717, 1.165) is 40.3 Å². The summed E-state index contributed by atoms with van der Waals surface area (Å²) in [7, 11) is 2.05. The fourth-order valence-corrected chi connectivity index (χ4v) is 2.66. The van der Waals surface area contributed by atoms with Gasteiger partial charge in [0.15, 0.2) is 0 Å². The maximum atomic E-state index is 4.60. The average Bonchev–Trinajstić information content (AvgIpc) is 3.08. The Hall–Kier alpha value is -2.08. The van der Waals surface area contributed by atoms with Crippen molar-refractivity contribution >= 4 is 22.1 Å². The van der Waals surface area contributed by atoms with Crippen molar-refractivity contribution in [3.63, 3.8) is 0 Å². The molecule has 6 heteroatoms. The molecule has 2 heterocycles. The summed E-state index contributed by atoms with van der Waals surface area (Å²) < 4.78 is 0. The number of aromatic amines is 1. The number of benzene rings is 2. The number of nitrogens with one attached hydrogen (secondary N) is 1. The van der Waals surface area contributed by atoms with Crippen molar-refractivity contribution in [2.75, 3.05) is 7.05 Å². The normalized spacial score (nSPS) is 10.8. The number of hydrogen-bond acceptors (Lipinski definition) is 3. The molecule has 0 aliphatic carbocycles. The van der Waals surface area contributed by atoms with Crippen LogP contribution in [0.5, 0.6) is 0 Å². The van der Waals surface area contributed by atoms with Gasteiger partial charge in [-0.05, 0) is 30.2 Å². The van der Waals surface area contributed by atoms with Gasteiger partial charge in [0.05, 0.1) is 17.6 Å². The molecule has 2 aromatic carbocycles. The first-order valence-electron chi connectivity index (χ1n) is 7.28. The molecule has 0 bridgehead atoms. The Morgan fingerprint density at radius 1 is 0.958 bits per heavy atom. The van der Waals surface area contributed by atoms with Gasteiger partial charge in [0.1, 0.15) is 5.82 Å². The zero-order valence-electron chi connectivity index (χ0n) is 13.8. The minimum absolute atomic E-state index is 0. The molecule has 0 saturated carbocycles. The number of aromatic nitrogens is 4. The van der Waals surface area contributed by atoms with Crippen molar-refractivity contribution in [3.8, 4) is 0 Å². The molecule has 0 aliphatic rings. The first kappa shape index (κ1) is 18.3. The van der Waals surface area contributed by atoms with Gasteiger partial charge in [-0.1, -0.05) is 42.2 Å². The minimum Gasteiger partial charge on any atom is -0.438 e. The van der Waals surface area contributed by atoms with Crippen LogP contribution in [0.3, 0.4) is 0 Å². The van der Waals surface area contributed by atoms with Crippen LogP contribution in [-0.4, -0.2) is 26.9 Å². The van der Waals surface area contributed by atoms with Crippen molar-refractivity contribution in [3.05, 3.63) is 67.6 Å². The molecule has 4 aromatic rings. The third kappa shape index (κ3) is 3.70. The fourth-order valence-electron chi connectivity index (χ4n) is 2.66. The van der Waals surface area contributed by atoms with Gasteiger partial charge in [-0.2, -0.15) is 0 Å². The molecule has 2 aromatic heterocycles. The number of imidazole rings is 2. The van der Waals surface area contributed by atoms with E-state index in [-0.39, 0.29) is 26.0 Å². The Kier molecular flexibility index (Phi) is 5.83. The van der Waals surface area contributed by atoms with E-state index in [4.69, 9.17) is 0 Å². The van der Waals surface area contributed by atoms with E-state index >= 15 is 0 Å². The Labute approximate surface area is 153 Å². The molecular formula is C18H19N5V-2. The maximum absolute atomic E-state index is 4.60. The Balaban J connectivity index is 0.00000104. The Morgan fingerprint density at radius 2 is 1.67 bits per heavy atom. The van der Waals surface area contributed by atoms with Gasteiger partial charge < -0.3 is 22.4 Å². The Morgan fingerprint density at radius 3 is 2.42 bits per heavy atom. The van der Waals surface area contributed by atoms with E-state index in [2.05, 4.69) is 24.8 Å². The number of hydrogen-bond donors (Lipinski definition) is 1. The number of fused-ring (bicyclic) bond motifs is 2. The third-order valence-corrected chi connectivity index (χ3v) is 3.65. The van der Waals surface area contributed by atoms with Gasteiger partial charge in [-0.25, -0.2) is 4.98 Å². The first-order valence-corrected chi connectivity index (χ1v) is 7.28. The summed E-state index contributed by atoms with van der Waals surface area (Å²) in [6, 6.07) is 16.0. The Bertz CT molecular complexity index is 785. The molecule has 1 N–H and O–H groups in total. The first-order chi connectivity index (χ1) is 10.8. The summed E-state index contributed by atoms with van der Waals surface area (Å²) in [5, 5.41) is 0. The molecule has 123 valence electrons. The van der Waals surface area contributed by atoms with E-state index < -0.39 is 0 Å². The number of para-hydroxylation sites is 4. The van der Waals surface area contributed by atoms with Gasteiger partial charge in [0, 0.05) is 25.1 Å². The second kappa shape index (κ2) is 7.66. The minimum atomic E-state index is 0. The molecule has 0 amide bonds. The molecule has 0 fully saturated rings. The van der Waals surface area contributed by atoms with Crippen molar-refractivity contribution in [2.45, 2.75) is 13.1 Å². The van der Waals surface area contributed by atoms with Crippen LogP contribution in [0.15, 0.2) is 48.5 Å². The van der Waals surface area contributed by atoms with Crippen LogP contribution in [0.25, 0.3) is 22.1 Å². The second-order valence-corrected chi connectivity index (χ2v) is 5.50. The molecule has 24 heavy (non-hydrogen) atoms. The van der Waals surface area contributed by atoms with E-state index in [0.29, 0.717) is 6.54 Å². The largest absolute Gasteiger partial charge is 0.438 e. The summed E-state index contributed by atoms with van der Waals surface area (Å²) in [6.45, 7) is 1.44. The quantitative estimate of drug-likeness (QED) is 0.571. The van der Waals surface area contributed by atoms with E-state index in [1.54, 1.807) is 0 Å². The van der Waals surface area contributed by atoms with Crippen LogP contribution in [0.1, 0.15) is 11.6 Å². The number of rotatable bonds is 4. The van der Waals surface area contributed by atoms with Crippen LogP contribution in [0, 0.1) is 7.43 Å². The number of nitrogens with zero attached hydrogens (tertiary/aromatic N) is 4. The summed E-state index contributed by atoms with van der Waals surface area (Å²) in [5.74, 6) is 1.81.